The summed E-state index contributed by atoms with van der Waals surface area (Å²) in [7, 11) is 0. The topological polar surface area (TPSA) is 51.0 Å². The van der Waals surface area contributed by atoms with E-state index in [-0.39, 0.29) is 5.71 Å². The predicted octanol–water partition coefficient (Wildman–Crippen LogP) is 8.13. The molecule has 4 nitrogen and oxygen atoms in total. The maximum atomic E-state index is 13.1. The zero-order valence-corrected chi connectivity index (χ0v) is 23.4. The van der Waals surface area contributed by atoms with Crippen LogP contribution in [0.2, 0.25) is 0 Å². The smallest absolute Gasteiger partial charge is 0.386 e. The summed E-state index contributed by atoms with van der Waals surface area (Å²) in [6, 6.07) is 34.4. The van der Waals surface area contributed by atoms with E-state index < -0.39 is 35.7 Å². The van der Waals surface area contributed by atoms with E-state index in [2.05, 4.69) is 12.1 Å². The first-order valence-corrected chi connectivity index (χ1v) is 14.3. The first kappa shape index (κ1) is 29.5. The molecule has 0 unspecified atom stereocenters. The maximum Gasteiger partial charge on any atom is 0.416 e. The van der Waals surface area contributed by atoms with E-state index in [1.54, 1.807) is 0 Å². The Morgan fingerprint density at radius 3 is 1.69 bits per heavy atom. The Labute approximate surface area is 244 Å². The molecule has 4 aromatic rings. The number of unbranched alkanes of at least 4 members (excludes halogenated alkanes) is 2. The first-order valence-electron chi connectivity index (χ1n) is 14.3. The fourth-order valence-corrected chi connectivity index (χ4v) is 5.55. The lowest BCUT2D eigenvalue weighted by Gasteiger charge is -2.40. The molecule has 0 spiro atoms. The lowest BCUT2D eigenvalue weighted by Crippen LogP contribution is -2.46. The van der Waals surface area contributed by atoms with E-state index in [0.29, 0.717) is 12.0 Å². The number of oxime groups is 1. The summed E-state index contributed by atoms with van der Waals surface area (Å²) in [5, 5.41) is 15.7. The highest BCUT2D eigenvalue weighted by Crippen LogP contribution is 2.43. The number of hydrogen-bond acceptors (Lipinski definition) is 4. The molecule has 42 heavy (non-hydrogen) atoms. The molecule has 4 aromatic carbocycles. The second-order valence-corrected chi connectivity index (χ2v) is 10.5. The van der Waals surface area contributed by atoms with Crippen LogP contribution >= 0.6 is 0 Å². The average Bonchev–Trinajstić information content (AvgIpc) is 3.41. The van der Waals surface area contributed by atoms with Crippen molar-refractivity contribution < 1.29 is 27.9 Å². The van der Waals surface area contributed by atoms with Gasteiger partial charge in [-0.2, -0.15) is 13.2 Å². The van der Waals surface area contributed by atoms with Crippen LogP contribution in [-0.2, 0) is 21.4 Å². The van der Waals surface area contributed by atoms with Crippen molar-refractivity contribution in [3.63, 3.8) is 0 Å². The van der Waals surface area contributed by atoms with E-state index >= 15 is 0 Å². The third kappa shape index (κ3) is 6.13. The van der Waals surface area contributed by atoms with Crippen molar-refractivity contribution >= 4 is 5.71 Å². The van der Waals surface area contributed by atoms with Crippen LogP contribution in [0.15, 0.2) is 120 Å². The van der Waals surface area contributed by atoms with Crippen molar-refractivity contribution in [2.24, 2.45) is 5.16 Å². The summed E-state index contributed by atoms with van der Waals surface area (Å²) in [6.07, 6.45) is -3.76. The van der Waals surface area contributed by atoms with E-state index in [9.17, 15) is 18.3 Å². The van der Waals surface area contributed by atoms with Crippen LogP contribution in [0.1, 0.15) is 60.4 Å². The number of rotatable bonds is 11. The zero-order chi connectivity index (χ0) is 29.6. The number of alkyl halides is 3. The highest BCUT2D eigenvalue weighted by Gasteiger charge is 2.46. The molecule has 0 radical (unpaired) electrons. The number of halogens is 3. The molecular weight excluding hydrogens is 539 g/mol. The highest BCUT2D eigenvalue weighted by molar-refractivity contribution is 6.04. The summed E-state index contributed by atoms with van der Waals surface area (Å²) < 4.78 is 46.7. The fraction of sp³-hybridized carbons (Fsp3) is 0.286. The summed E-state index contributed by atoms with van der Waals surface area (Å²) in [4.78, 5) is 5.87. The number of ether oxygens (including phenoxy) is 1. The van der Waals surface area contributed by atoms with Gasteiger partial charge in [-0.25, -0.2) is 0 Å². The third-order valence-electron chi connectivity index (χ3n) is 7.70. The van der Waals surface area contributed by atoms with Gasteiger partial charge in [0.15, 0.2) is 6.10 Å². The number of hydrogen-bond donors (Lipinski definition) is 1. The number of nitrogens with zero attached hydrogens (tertiary/aromatic N) is 1. The Bertz CT molecular complexity index is 1350. The van der Waals surface area contributed by atoms with Crippen molar-refractivity contribution in [3.05, 3.63) is 143 Å². The van der Waals surface area contributed by atoms with E-state index in [4.69, 9.17) is 9.57 Å². The van der Waals surface area contributed by atoms with Crippen LogP contribution < -0.4 is 0 Å². The summed E-state index contributed by atoms with van der Waals surface area (Å²) in [5.41, 5.74) is 1.49. The van der Waals surface area contributed by atoms with Gasteiger partial charge in [-0.3, -0.25) is 0 Å². The van der Waals surface area contributed by atoms with Crippen molar-refractivity contribution in [2.45, 2.75) is 62.7 Å². The van der Waals surface area contributed by atoms with E-state index in [1.165, 1.54) is 12.1 Å². The molecule has 1 heterocycles. The van der Waals surface area contributed by atoms with Gasteiger partial charge in [0.1, 0.15) is 23.5 Å². The Kier molecular flexibility index (Phi) is 9.09. The first-order chi connectivity index (χ1) is 20.3. The molecule has 3 atom stereocenters. The van der Waals surface area contributed by atoms with Crippen LogP contribution in [-0.4, -0.2) is 29.1 Å². The molecule has 5 rings (SSSR count). The molecule has 1 aliphatic rings. The van der Waals surface area contributed by atoms with Gasteiger partial charge in [-0.1, -0.05) is 134 Å². The summed E-state index contributed by atoms with van der Waals surface area (Å²) in [6.45, 7) is 2.12. The molecule has 218 valence electrons. The second-order valence-electron chi connectivity index (χ2n) is 10.5. The van der Waals surface area contributed by atoms with Gasteiger partial charge >= 0.3 is 6.18 Å². The molecule has 1 N–H and O–H groups in total. The van der Waals surface area contributed by atoms with Crippen molar-refractivity contribution in [1.82, 2.24) is 0 Å². The van der Waals surface area contributed by atoms with Gasteiger partial charge < -0.3 is 14.7 Å². The Balaban J connectivity index is 1.55. The van der Waals surface area contributed by atoms with Crippen LogP contribution in [0.3, 0.4) is 0 Å². The molecule has 0 aliphatic carbocycles. The Morgan fingerprint density at radius 2 is 1.24 bits per heavy atom. The normalized spacial score (nSPS) is 17.9. The molecular formula is C35H34F3NO3. The van der Waals surface area contributed by atoms with E-state index in [1.807, 2.05) is 91.0 Å². The molecule has 1 aliphatic heterocycles. The van der Waals surface area contributed by atoms with Gasteiger partial charge in [0.05, 0.1) is 5.56 Å². The standard InChI is InChI=1S/C35H34F3NO3/c1-2-3-7-20-30(33-32(40)31(39-42-33)25-21-23-29(24-22-25)35(36,37)38)41-34(26-14-8-4-9-15-26,27-16-10-5-11-17-27)28-18-12-6-13-19-28/h4-6,8-19,21-24,30,32-33,40H,2-3,7,20H2,1H3/t30-,32+,33+/m0/s1. The second kappa shape index (κ2) is 12.9. The number of benzene rings is 4. The minimum Gasteiger partial charge on any atom is -0.386 e. The molecule has 0 amide bonds. The molecule has 0 aromatic heterocycles. The van der Waals surface area contributed by atoms with Gasteiger partial charge in [-0.15, -0.1) is 0 Å². The summed E-state index contributed by atoms with van der Waals surface area (Å²) >= 11 is 0. The van der Waals surface area contributed by atoms with Crippen molar-refractivity contribution in [1.29, 1.82) is 0 Å². The molecule has 0 saturated heterocycles. The monoisotopic (exact) mass is 573 g/mol. The zero-order valence-electron chi connectivity index (χ0n) is 23.4. The molecule has 7 heteroatoms. The van der Waals surface area contributed by atoms with Gasteiger partial charge in [0, 0.05) is 5.56 Å². The van der Waals surface area contributed by atoms with E-state index in [0.717, 1.165) is 48.1 Å². The Morgan fingerprint density at radius 1 is 0.738 bits per heavy atom. The van der Waals surface area contributed by atoms with Gasteiger partial charge in [0.25, 0.3) is 0 Å². The van der Waals surface area contributed by atoms with Crippen molar-refractivity contribution in [3.8, 4) is 0 Å². The van der Waals surface area contributed by atoms with Crippen LogP contribution in [0.4, 0.5) is 13.2 Å². The molecule has 0 fully saturated rings. The summed E-state index contributed by atoms with van der Waals surface area (Å²) in [5.74, 6) is 0. The fourth-order valence-electron chi connectivity index (χ4n) is 5.55. The van der Waals surface area contributed by atoms with Crippen LogP contribution in [0.25, 0.3) is 0 Å². The molecule has 0 bridgehead atoms. The lowest BCUT2D eigenvalue weighted by molar-refractivity contribution is -0.137. The third-order valence-corrected chi connectivity index (χ3v) is 7.70. The minimum absolute atomic E-state index is 0.183. The number of aliphatic hydroxyl groups excluding tert-OH is 1. The number of aliphatic hydroxyl groups is 1. The molecule has 0 saturated carbocycles. The van der Waals surface area contributed by atoms with Crippen molar-refractivity contribution in [2.75, 3.05) is 0 Å². The van der Waals surface area contributed by atoms with Crippen LogP contribution in [0, 0.1) is 0 Å². The largest absolute Gasteiger partial charge is 0.416 e. The Hall–Kier alpha value is -3.94. The maximum absolute atomic E-state index is 13.1. The minimum atomic E-state index is -4.46. The quantitative estimate of drug-likeness (QED) is 0.146. The van der Waals surface area contributed by atoms with Crippen LogP contribution in [0.5, 0.6) is 0 Å². The average molecular weight is 574 g/mol. The lowest BCUT2D eigenvalue weighted by atomic mass is 9.79. The van der Waals surface area contributed by atoms with Gasteiger partial charge in [0.2, 0.25) is 0 Å². The van der Waals surface area contributed by atoms with Gasteiger partial charge in [-0.05, 0) is 35.2 Å². The SMILES string of the molecule is CCCCC[C@H](OC(c1ccccc1)(c1ccccc1)c1ccccc1)[C@H]1ON=C(c2ccc(C(F)(F)F)cc2)[C@H]1O. The highest BCUT2D eigenvalue weighted by atomic mass is 19.4. The predicted molar refractivity (Wildman–Crippen MR) is 157 cm³/mol.